The minimum Gasteiger partial charge on any atom is -0.380 e. The molecule has 0 spiro atoms. The molecule has 3 rings (SSSR count). The lowest BCUT2D eigenvalue weighted by Gasteiger charge is -2.20. The fraction of sp³-hybridized carbons (Fsp3) is 0.500. The minimum atomic E-state index is -0.491. The van der Waals surface area contributed by atoms with Crippen molar-refractivity contribution in [3.05, 3.63) is 22.2 Å². The first-order valence-electron chi connectivity index (χ1n) is 6.57. The van der Waals surface area contributed by atoms with E-state index in [9.17, 15) is 10.1 Å². The van der Waals surface area contributed by atoms with Crippen molar-refractivity contribution in [2.75, 3.05) is 11.9 Å². The standard InChI is InChI=1S/C12H15N5O3/c13-6-7-2-1-3-8(7)14-9-4-5-10(17(18)19)12-11(9)15-20-16-12/h4-5,7-8,14H,1-3,6,13H2. The number of nitro benzene ring substituents is 1. The molecule has 1 aromatic carbocycles. The van der Waals surface area contributed by atoms with Gasteiger partial charge >= 0.3 is 5.69 Å². The van der Waals surface area contributed by atoms with E-state index < -0.39 is 4.92 Å². The van der Waals surface area contributed by atoms with Gasteiger partial charge in [-0.05, 0) is 41.7 Å². The Balaban J connectivity index is 1.95. The summed E-state index contributed by atoms with van der Waals surface area (Å²) in [5.74, 6) is 0.417. The van der Waals surface area contributed by atoms with Crippen LogP contribution in [0.5, 0.6) is 0 Å². The molecular formula is C12H15N5O3. The van der Waals surface area contributed by atoms with Crippen molar-refractivity contribution in [2.45, 2.75) is 25.3 Å². The molecule has 0 aliphatic heterocycles. The molecule has 1 aromatic heterocycles. The molecular weight excluding hydrogens is 262 g/mol. The van der Waals surface area contributed by atoms with E-state index in [0.29, 0.717) is 23.7 Å². The van der Waals surface area contributed by atoms with Crippen LogP contribution in [0.25, 0.3) is 11.0 Å². The predicted octanol–water partition coefficient (Wildman–Crippen LogP) is 1.67. The molecule has 0 saturated heterocycles. The maximum Gasteiger partial charge on any atom is 0.300 e. The molecule has 20 heavy (non-hydrogen) atoms. The fourth-order valence-corrected chi connectivity index (χ4v) is 2.83. The van der Waals surface area contributed by atoms with Gasteiger partial charge in [-0.1, -0.05) is 6.42 Å². The Morgan fingerprint density at radius 3 is 2.95 bits per heavy atom. The molecule has 2 atom stereocenters. The predicted molar refractivity (Wildman–Crippen MR) is 72.3 cm³/mol. The lowest BCUT2D eigenvalue weighted by molar-refractivity contribution is -0.383. The second kappa shape index (κ2) is 5.04. The first kappa shape index (κ1) is 12.8. The summed E-state index contributed by atoms with van der Waals surface area (Å²) >= 11 is 0. The molecule has 3 N–H and O–H groups in total. The van der Waals surface area contributed by atoms with Crippen molar-refractivity contribution in [2.24, 2.45) is 11.7 Å². The van der Waals surface area contributed by atoms with Crippen LogP contribution in [0.2, 0.25) is 0 Å². The van der Waals surface area contributed by atoms with Crippen LogP contribution >= 0.6 is 0 Å². The van der Waals surface area contributed by atoms with E-state index >= 15 is 0 Å². The van der Waals surface area contributed by atoms with Crippen molar-refractivity contribution in [1.82, 2.24) is 10.3 Å². The summed E-state index contributed by atoms with van der Waals surface area (Å²) < 4.78 is 4.64. The van der Waals surface area contributed by atoms with Gasteiger partial charge in [0.2, 0.25) is 5.52 Å². The largest absolute Gasteiger partial charge is 0.380 e. The molecule has 0 radical (unpaired) electrons. The molecule has 8 nitrogen and oxygen atoms in total. The molecule has 0 amide bonds. The summed E-state index contributed by atoms with van der Waals surface area (Å²) in [5, 5.41) is 21.7. The molecule has 0 bridgehead atoms. The van der Waals surface area contributed by atoms with Crippen LogP contribution in [-0.4, -0.2) is 27.8 Å². The highest BCUT2D eigenvalue weighted by molar-refractivity contribution is 5.93. The number of benzene rings is 1. The van der Waals surface area contributed by atoms with Crippen LogP contribution in [-0.2, 0) is 0 Å². The van der Waals surface area contributed by atoms with Crippen LogP contribution in [0.4, 0.5) is 11.4 Å². The van der Waals surface area contributed by atoms with Crippen molar-refractivity contribution < 1.29 is 9.55 Å². The van der Waals surface area contributed by atoms with Crippen molar-refractivity contribution in [1.29, 1.82) is 0 Å². The average molecular weight is 277 g/mol. The van der Waals surface area contributed by atoms with Crippen molar-refractivity contribution >= 4 is 22.4 Å². The lowest BCUT2D eigenvalue weighted by atomic mass is 10.0. The molecule has 1 fully saturated rings. The van der Waals surface area contributed by atoms with Gasteiger partial charge in [-0.15, -0.1) is 0 Å². The number of hydrogen-bond acceptors (Lipinski definition) is 7. The lowest BCUT2D eigenvalue weighted by Crippen LogP contribution is -2.29. The van der Waals surface area contributed by atoms with Crippen molar-refractivity contribution in [3.8, 4) is 0 Å². The second-order valence-electron chi connectivity index (χ2n) is 5.03. The molecule has 8 heteroatoms. The maximum absolute atomic E-state index is 10.9. The Bertz CT molecular complexity index is 641. The highest BCUT2D eigenvalue weighted by atomic mass is 16.6. The zero-order valence-electron chi connectivity index (χ0n) is 10.8. The number of nitrogens with one attached hydrogen (secondary N) is 1. The Morgan fingerprint density at radius 2 is 2.20 bits per heavy atom. The van der Waals surface area contributed by atoms with Gasteiger partial charge in [-0.3, -0.25) is 10.1 Å². The molecule has 1 saturated carbocycles. The van der Waals surface area contributed by atoms with Gasteiger partial charge in [0.15, 0.2) is 5.52 Å². The number of fused-ring (bicyclic) bond motifs is 1. The molecule has 1 aliphatic rings. The Kier molecular flexibility index (Phi) is 3.23. The first-order chi connectivity index (χ1) is 9.70. The number of non-ortho nitro benzene ring substituents is 1. The maximum atomic E-state index is 10.9. The molecule has 2 aromatic rings. The average Bonchev–Trinajstić information content (AvgIpc) is 3.06. The highest BCUT2D eigenvalue weighted by Gasteiger charge is 2.27. The summed E-state index contributed by atoms with van der Waals surface area (Å²) in [6.07, 6.45) is 3.26. The molecule has 1 aliphatic carbocycles. The van der Waals surface area contributed by atoms with E-state index in [-0.39, 0.29) is 17.2 Å². The number of anilines is 1. The van der Waals surface area contributed by atoms with Crippen LogP contribution in [0, 0.1) is 16.0 Å². The first-order valence-corrected chi connectivity index (χ1v) is 6.57. The van der Waals surface area contributed by atoms with Gasteiger partial charge in [0.1, 0.15) is 0 Å². The normalized spacial score (nSPS) is 22.2. The van der Waals surface area contributed by atoms with Crippen LogP contribution < -0.4 is 11.1 Å². The Morgan fingerprint density at radius 1 is 1.40 bits per heavy atom. The number of nitro groups is 1. The molecule has 106 valence electrons. The van der Waals surface area contributed by atoms with Gasteiger partial charge in [0.05, 0.1) is 10.6 Å². The summed E-state index contributed by atoms with van der Waals surface area (Å²) in [4.78, 5) is 10.4. The third-order valence-electron chi connectivity index (χ3n) is 3.89. The van der Waals surface area contributed by atoms with Crippen LogP contribution in [0.15, 0.2) is 16.8 Å². The van der Waals surface area contributed by atoms with Gasteiger partial charge in [-0.2, -0.15) is 0 Å². The number of nitrogens with zero attached hydrogens (tertiary/aromatic N) is 3. The van der Waals surface area contributed by atoms with E-state index in [0.717, 1.165) is 19.3 Å². The zero-order valence-corrected chi connectivity index (χ0v) is 10.8. The third kappa shape index (κ3) is 2.07. The van der Waals surface area contributed by atoms with Gasteiger partial charge in [0.25, 0.3) is 0 Å². The zero-order chi connectivity index (χ0) is 14.1. The second-order valence-corrected chi connectivity index (χ2v) is 5.03. The third-order valence-corrected chi connectivity index (χ3v) is 3.89. The van der Waals surface area contributed by atoms with E-state index in [2.05, 4.69) is 20.3 Å². The number of rotatable bonds is 4. The summed E-state index contributed by atoms with van der Waals surface area (Å²) in [5.41, 5.74) is 6.92. The highest BCUT2D eigenvalue weighted by Crippen LogP contribution is 2.32. The molecule has 1 heterocycles. The Labute approximate surface area is 114 Å². The van der Waals surface area contributed by atoms with E-state index in [1.165, 1.54) is 6.07 Å². The number of nitrogens with two attached hydrogens (primary N) is 1. The van der Waals surface area contributed by atoms with Crippen LogP contribution in [0.1, 0.15) is 19.3 Å². The minimum absolute atomic E-state index is 0.103. The number of hydrogen-bond donors (Lipinski definition) is 2. The van der Waals surface area contributed by atoms with Gasteiger partial charge in [0, 0.05) is 12.1 Å². The summed E-state index contributed by atoms with van der Waals surface area (Å²) in [6.45, 7) is 0.630. The van der Waals surface area contributed by atoms with E-state index in [1.54, 1.807) is 6.07 Å². The van der Waals surface area contributed by atoms with Gasteiger partial charge < -0.3 is 11.1 Å². The van der Waals surface area contributed by atoms with E-state index in [1.807, 2.05) is 0 Å². The topological polar surface area (TPSA) is 120 Å². The number of aromatic nitrogens is 2. The molecule has 2 unspecified atom stereocenters. The SMILES string of the molecule is NCC1CCCC1Nc1ccc([N+](=O)[O-])c2nonc12. The summed E-state index contributed by atoms with van der Waals surface area (Å²) in [6, 6.07) is 3.33. The Hall–Kier alpha value is -2.22. The van der Waals surface area contributed by atoms with Crippen molar-refractivity contribution in [3.63, 3.8) is 0 Å². The van der Waals surface area contributed by atoms with E-state index in [4.69, 9.17) is 5.73 Å². The monoisotopic (exact) mass is 277 g/mol. The van der Waals surface area contributed by atoms with Gasteiger partial charge in [-0.25, -0.2) is 4.63 Å². The smallest absolute Gasteiger partial charge is 0.300 e. The quantitative estimate of drug-likeness (QED) is 0.644. The fourth-order valence-electron chi connectivity index (χ4n) is 2.83. The van der Waals surface area contributed by atoms with Crippen LogP contribution in [0.3, 0.4) is 0 Å². The summed E-state index contributed by atoms with van der Waals surface area (Å²) in [7, 11) is 0.